The molecule has 0 radical (unpaired) electrons. The number of hydrogen-bond acceptors (Lipinski definition) is 3. The molecule has 0 saturated carbocycles. The van der Waals surface area contributed by atoms with E-state index >= 15 is 0 Å². The summed E-state index contributed by atoms with van der Waals surface area (Å²) in [5.41, 5.74) is -0.899. The fraction of sp³-hybridized carbons (Fsp3) is 0.429. The summed E-state index contributed by atoms with van der Waals surface area (Å²) in [5, 5.41) is 14.4. The first-order valence-corrected chi connectivity index (χ1v) is 7.43. The van der Waals surface area contributed by atoms with Gasteiger partial charge in [0.2, 0.25) is 0 Å². The maximum absolute atomic E-state index is 13.6. The van der Waals surface area contributed by atoms with Crippen LogP contribution in [-0.2, 0) is 5.60 Å². The van der Waals surface area contributed by atoms with Crippen LogP contribution in [0.25, 0.3) is 11.0 Å². The van der Waals surface area contributed by atoms with Crippen LogP contribution in [-0.4, -0.2) is 28.7 Å². The van der Waals surface area contributed by atoms with Crippen LogP contribution >= 0.6 is 34.8 Å². The summed E-state index contributed by atoms with van der Waals surface area (Å²) in [4.78, 5) is 0. The topological polar surface area (TPSA) is 45.4 Å². The standard InChI is InChI=1S/C14H15Cl3FNO2/c1-19-12(7-14(15,16)17)13(20,8-18)10-3-2-9-4-5-21-11(9)6-10/h2-6,12,19-20H,7-8H2,1H3. The predicted octanol–water partition coefficient (Wildman–Crippen LogP) is 3.94. The molecule has 0 saturated heterocycles. The minimum absolute atomic E-state index is 0.0508. The van der Waals surface area contributed by atoms with Crippen LogP contribution in [0.15, 0.2) is 34.9 Å². The van der Waals surface area contributed by atoms with Gasteiger partial charge in [-0.1, -0.05) is 46.9 Å². The third-order valence-corrected chi connectivity index (χ3v) is 3.98. The Morgan fingerprint density at radius 1 is 1.33 bits per heavy atom. The molecular formula is C14H15Cl3FNO2. The minimum Gasteiger partial charge on any atom is -0.464 e. The first-order valence-electron chi connectivity index (χ1n) is 6.30. The number of aliphatic hydroxyl groups is 1. The molecule has 2 unspecified atom stereocenters. The highest BCUT2D eigenvalue weighted by Crippen LogP contribution is 2.38. The maximum atomic E-state index is 13.6. The highest BCUT2D eigenvalue weighted by Gasteiger charge is 2.42. The number of benzene rings is 1. The second kappa shape index (κ2) is 6.31. The molecule has 2 aromatic rings. The zero-order valence-electron chi connectivity index (χ0n) is 11.2. The van der Waals surface area contributed by atoms with E-state index in [9.17, 15) is 9.50 Å². The molecule has 2 N–H and O–H groups in total. The molecule has 0 aliphatic heterocycles. The summed E-state index contributed by atoms with van der Waals surface area (Å²) in [6.07, 6.45) is 1.48. The van der Waals surface area contributed by atoms with Gasteiger partial charge in [0.25, 0.3) is 0 Å². The molecule has 116 valence electrons. The van der Waals surface area contributed by atoms with Gasteiger partial charge in [0.15, 0.2) is 3.79 Å². The molecule has 21 heavy (non-hydrogen) atoms. The summed E-state index contributed by atoms with van der Waals surface area (Å²) in [6.45, 7) is -1.02. The van der Waals surface area contributed by atoms with Gasteiger partial charge in [-0.25, -0.2) is 4.39 Å². The fourth-order valence-electron chi connectivity index (χ4n) is 2.34. The molecule has 0 fully saturated rings. The number of alkyl halides is 4. The lowest BCUT2D eigenvalue weighted by molar-refractivity contribution is -0.0250. The summed E-state index contributed by atoms with van der Waals surface area (Å²) in [7, 11) is 1.58. The van der Waals surface area contributed by atoms with Crippen molar-refractivity contribution in [3.05, 3.63) is 36.1 Å². The van der Waals surface area contributed by atoms with E-state index < -0.39 is 22.1 Å². The average molecular weight is 355 g/mol. The normalized spacial score (nSPS) is 16.9. The van der Waals surface area contributed by atoms with E-state index in [0.717, 1.165) is 5.39 Å². The van der Waals surface area contributed by atoms with Gasteiger partial charge in [-0.3, -0.25) is 0 Å². The van der Waals surface area contributed by atoms with Crippen molar-refractivity contribution < 1.29 is 13.9 Å². The lowest BCUT2D eigenvalue weighted by atomic mass is 9.85. The van der Waals surface area contributed by atoms with Crippen molar-refractivity contribution in [1.29, 1.82) is 0 Å². The molecule has 3 nitrogen and oxygen atoms in total. The van der Waals surface area contributed by atoms with Crippen LogP contribution in [0.2, 0.25) is 0 Å². The van der Waals surface area contributed by atoms with Gasteiger partial charge in [-0.2, -0.15) is 0 Å². The Hall–Kier alpha value is -0.520. The van der Waals surface area contributed by atoms with Crippen molar-refractivity contribution in [2.45, 2.75) is 21.9 Å². The molecule has 2 atom stereocenters. The van der Waals surface area contributed by atoms with Gasteiger partial charge < -0.3 is 14.8 Å². The van der Waals surface area contributed by atoms with Crippen molar-refractivity contribution >= 4 is 45.8 Å². The van der Waals surface area contributed by atoms with E-state index in [0.29, 0.717) is 11.1 Å². The van der Waals surface area contributed by atoms with Crippen molar-refractivity contribution in [1.82, 2.24) is 5.32 Å². The highest BCUT2D eigenvalue weighted by atomic mass is 35.6. The van der Waals surface area contributed by atoms with Crippen LogP contribution in [0.3, 0.4) is 0 Å². The number of rotatable bonds is 5. The summed E-state index contributed by atoms with van der Waals surface area (Å²) in [6, 6.07) is 5.99. The average Bonchev–Trinajstić information content (AvgIpc) is 2.90. The van der Waals surface area contributed by atoms with Crippen molar-refractivity contribution in [3.8, 4) is 0 Å². The highest BCUT2D eigenvalue weighted by molar-refractivity contribution is 6.67. The van der Waals surface area contributed by atoms with E-state index in [-0.39, 0.29) is 6.42 Å². The van der Waals surface area contributed by atoms with E-state index in [1.54, 1.807) is 31.3 Å². The molecule has 0 amide bonds. The maximum Gasteiger partial charge on any atom is 0.192 e. The second-order valence-corrected chi connectivity index (χ2v) is 7.41. The number of furan rings is 1. The zero-order valence-corrected chi connectivity index (χ0v) is 13.5. The van der Waals surface area contributed by atoms with Gasteiger partial charge >= 0.3 is 0 Å². The summed E-state index contributed by atoms with van der Waals surface area (Å²) in [5.74, 6) is 0. The second-order valence-electron chi connectivity index (χ2n) is 4.89. The Balaban J connectivity index is 2.42. The molecule has 0 aliphatic carbocycles. The Morgan fingerprint density at radius 2 is 2.05 bits per heavy atom. The lowest BCUT2D eigenvalue weighted by Gasteiger charge is -2.35. The van der Waals surface area contributed by atoms with Crippen LogP contribution in [0.5, 0.6) is 0 Å². The minimum atomic E-state index is -1.82. The molecule has 1 heterocycles. The SMILES string of the molecule is CNC(CC(Cl)(Cl)Cl)C(O)(CF)c1ccc2ccoc2c1. The van der Waals surface area contributed by atoms with Crippen molar-refractivity contribution in [3.63, 3.8) is 0 Å². The quantitative estimate of drug-likeness (QED) is 0.800. The Bertz CT molecular complexity index is 614. The van der Waals surface area contributed by atoms with E-state index in [1.165, 1.54) is 6.26 Å². The number of nitrogens with one attached hydrogen (secondary N) is 1. The monoisotopic (exact) mass is 353 g/mol. The molecule has 2 rings (SSSR count). The van der Waals surface area contributed by atoms with Gasteiger partial charge in [-0.05, 0) is 24.7 Å². The number of hydrogen-bond donors (Lipinski definition) is 2. The van der Waals surface area contributed by atoms with Crippen molar-refractivity contribution in [2.75, 3.05) is 13.7 Å². The smallest absolute Gasteiger partial charge is 0.192 e. The molecule has 0 bridgehead atoms. The molecule has 1 aromatic carbocycles. The van der Waals surface area contributed by atoms with Crippen LogP contribution in [0.1, 0.15) is 12.0 Å². The molecule has 1 aromatic heterocycles. The van der Waals surface area contributed by atoms with E-state index in [1.807, 2.05) is 0 Å². The van der Waals surface area contributed by atoms with Gasteiger partial charge in [0.1, 0.15) is 17.9 Å². The first kappa shape index (κ1) is 16.8. The van der Waals surface area contributed by atoms with E-state index in [4.69, 9.17) is 39.2 Å². The predicted molar refractivity (Wildman–Crippen MR) is 83.8 cm³/mol. The Labute approximate surface area is 137 Å². The number of likely N-dealkylation sites (N-methyl/N-ethyl adjacent to an activating group) is 1. The third-order valence-electron chi connectivity index (χ3n) is 3.52. The lowest BCUT2D eigenvalue weighted by Crippen LogP contribution is -2.50. The van der Waals surface area contributed by atoms with Crippen molar-refractivity contribution in [2.24, 2.45) is 0 Å². The Kier molecular flexibility index (Phi) is 5.06. The molecular weight excluding hydrogens is 340 g/mol. The molecule has 0 aliphatic rings. The van der Waals surface area contributed by atoms with Gasteiger partial charge in [0, 0.05) is 17.8 Å². The number of halogens is 4. The van der Waals surface area contributed by atoms with Gasteiger partial charge in [0.05, 0.1) is 6.26 Å². The Morgan fingerprint density at radius 3 is 2.62 bits per heavy atom. The largest absolute Gasteiger partial charge is 0.464 e. The van der Waals surface area contributed by atoms with E-state index in [2.05, 4.69) is 5.32 Å². The summed E-state index contributed by atoms with van der Waals surface area (Å²) >= 11 is 17.3. The third kappa shape index (κ3) is 3.63. The number of fused-ring (bicyclic) bond motifs is 1. The zero-order chi connectivity index (χ0) is 15.7. The van der Waals surface area contributed by atoms with Crippen LogP contribution in [0, 0.1) is 0 Å². The molecule has 0 spiro atoms. The van der Waals surface area contributed by atoms with Crippen LogP contribution < -0.4 is 5.32 Å². The first-order chi connectivity index (χ1) is 9.80. The molecule has 7 heteroatoms. The van der Waals surface area contributed by atoms with Crippen LogP contribution in [0.4, 0.5) is 4.39 Å². The van der Waals surface area contributed by atoms with Gasteiger partial charge in [-0.15, -0.1) is 0 Å². The fourth-order valence-corrected chi connectivity index (χ4v) is 2.80. The summed E-state index contributed by atoms with van der Waals surface area (Å²) < 4.78 is 17.3.